The Labute approximate surface area is 213 Å². The van der Waals surface area contributed by atoms with Crippen molar-refractivity contribution in [2.24, 2.45) is 4.99 Å². The van der Waals surface area contributed by atoms with Crippen LogP contribution in [0.3, 0.4) is 0 Å². The van der Waals surface area contributed by atoms with Gasteiger partial charge in [-0.25, -0.2) is 0 Å². The molecule has 1 heterocycles. The predicted molar refractivity (Wildman–Crippen MR) is 142 cm³/mol. The first-order valence-electron chi connectivity index (χ1n) is 10.2. The van der Waals surface area contributed by atoms with Crippen molar-refractivity contribution in [1.29, 1.82) is 0 Å². The number of Topliss-reactive ketones (excluding diaryl/α,β-unsaturated/α-hetero) is 1. The highest BCUT2D eigenvalue weighted by Crippen LogP contribution is 2.31. The first-order chi connectivity index (χ1) is 16.1. The van der Waals surface area contributed by atoms with E-state index in [2.05, 4.69) is 4.99 Å². The summed E-state index contributed by atoms with van der Waals surface area (Å²) < 4.78 is 10.4. The molecule has 0 aromatic heterocycles. The number of halogens is 1. The number of amidine groups is 1. The van der Waals surface area contributed by atoms with E-state index in [4.69, 9.17) is 9.47 Å². The Kier molecular flexibility index (Phi) is 8.67. The van der Waals surface area contributed by atoms with Gasteiger partial charge in [-0.3, -0.25) is 14.5 Å². The van der Waals surface area contributed by atoms with E-state index < -0.39 is 0 Å². The van der Waals surface area contributed by atoms with Gasteiger partial charge in [-0.15, -0.1) is 17.0 Å². The van der Waals surface area contributed by atoms with E-state index in [0.717, 1.165) is 17.0 Å². The number of amides is 1. The molecule has 0 unspecified atom stereocenters. The molecule has 0 saturated carbocycles. The number of carbonyl (C=O) groups is 2. The van der Waals surface area contributed by atoms with Crippen molar-refractivity contribution in [1.82, 2.24) is 0 Å². The van der Waals surface area contributed by atoms with Gasteiger partial charge in [-0.2, -0.15) is 4.99 Å². The maximum atomic E-state index is 12.8. The van der Waals surface area contributed by atoms with Crippen LogP contribution in [-0.4, -0.2) is 36.8 Å². The zero-order valence-corrected chi connectivity index (χ0v) is 21.2. The van der Waals surface area contributed by atoms with Gasteiger partial charge in [0, 0.05) is 11.3 Å². The average molecular weight is 539 g/mol. The lowest BCUT2D eigenvalue weighted by atomic mass is 10.1. The Morgan fingerprint density at radius 2 is 1.50 bits per heavy atom. The van der Waals surface area contributed by atoms with Crippen molar-refractivity contribution in [2.45, 2.75) is 0 Å². The highest BCUT2D eigenvalue weighted by molar-refractivity contribution is 8.93. The number of thioether (sulfide) groups is 1. The highest BCUT2D eigenvalue weighted by atomic mass is 79.9. The molecule has 0 spiro atoms. The van der Waals surface area contributed by atoms with Gasteiger partial charge < -0.3 is 9.47 Å². The number of carbonyl (C=O) groups excluding carboxylic acids is 2. The number of ketones is 1. The molecule has 0 aliphatic carbocycles. The van der Waals surface area contributed by atoms with Gasteiger partial charge >= 0.3 is 0 Å². The summed E-state index contributed by atoms with van der Waals surface area (Å²) in [6.45, 7) is 0. The van der Waals surface area contributed by atoms with Crippen LogP contribution in [-0.2, 0) is 4.79 Å². The number of hydrogen-bond donors (Lipinski definition) is 0. The maximum Gasteiger partial charge on any atom is 0.296 e. The standard InChI is InChI=1S/C26H22N2O4S.BrH/c1-31-21-12-8-18(9-13-21)16-23-25(30)27-26(28(23)20-6-4-3-5-7-20)33-17-24(29)19-10-14-22(32-2)15-11-19;/h3-16H,17H2,1-2H3;1H/b23-16+;. The monoisotopic (exact) mass is 538 g/mol. The van der Waals surface area contributed by atoms with Gasteiger partial charge in [0.15, 0.2) is 11.0 Å². The van der Waals surface area contributed by atoms with E-state index in [1.165, 1.54) is 11.8 Å². The van der Waals surface area contributed by atoms with Crippen LogP contribution in [0.15, 0.2) is 89.6 Å². The molecule has 0 radical (unpaired) electrons. The van der Waals surface area contributed by atoms with E-state index in [9.17, 15) is 9.59 Å². The summed E-state index contributed by atoms with van der Waals surface area (Å²) >= 11 is 1.24. The quantitative estimate of drug-likeness (QED) is 0.286. The molecule has 8 heteroatoms. The molecule has 174 valence electrons. The van der Waals surface area contributed by atoms with Crippen LogP contribution >= 0.6 is 28.7 Å². The van der Waals surface area contributed by atoms with E-state index >= 15 is 0 Å². The van der Waals surface area contributed by atoms with Crippen molar-refractivity contribution >= 4 is 57.4 Å². The smallest absolute Gasteiger partial charge is 0.296 e. The first kappa shape index (κ1) is 25.3. The average Bonchev–Trinajstić information content (AvgIpc) is 3.18. The molecule has 1 aliphatic heterocycles. The summed E-state index contributed by atoms with van der Waals surface area (Å²) in [4.78, 5) is 31.6. The fourth-order valence-electron chi connectivity index (χ4n) is 3.29. The molecule has 1 aliphatic rings. The SMILES string of the molecule is Br.COc1ccc(/C=C2\C(=O)N=C(SCC(=O)c3ccc(OC)cc3)N2c2ccccc2)cc1. The number of benzene rings is 3. The summed E-state index contributed by atoms with van der Waals surface area (Å²) in [6, 6.07) is 23.9. The van der Waals surface area contributed by atoms with Gasteiger partial charge in [0.05, 0.1) is 20.0 Å². The fourth-order valence-corrected chi connectivity index (χ4v) is 4.20. The largest absolute Gasteiger partial charge is 0.497 e. The van der Waals surface area contributed by atoms with E-state index in [-0.39, 0.29) is 34.4 Å². The van der Waals surface area contributed by atoms with Gasteiger partial charge in [0.1, 0.15) is 17.2 Å². The van der Waals surface area contributed by atoms with Crippen LogP contribution in [0.25, 0.3) is 6.08 Å². The van der Waals surface area contributed by atoms with Crippen LogP contribution in [0, 0.1) is 0 Å². The van der Waals surface area contributed by atoms with E-state index in [0.29, 0.717) is 22.2 Å². The topological polar surface area (TPSA) is 68.2 Å². The number of para-hydroxylation sites is 1. The lowest BCUT2D eigenvalue weighted by molar-refractivity contribution is -0.113. The van der Waals surface area contributed by atoms with Crippen molar-refractivity contribution in [2.75, 3.05) is 24.9 Å². The second kappa shape index (κ2) is 11.7. The molecule has 3 aromatic rings. The Morgan fingerprint density at radius 3 is 2.09 bits per heavy atom. The predicted octanol–water partition coefficient (Wildman–Crippen LogP) is 5.64. The zero-order valence-electron chi connectivity index (χ0n) is 18.6. The summed E-state index contributed by atoms with van der Waals surface area (Å²) in [6.07, 6.45) is 1.79. The maximum absolute atomic E-state index is 12.8. The number of hydrogen-bond acceptors (Lipinski definition) is 6. The van der Waals surface area contributed by atoms with E-state index in [1.54, 1.807) is 49.5 Å². The summed E-state index contributed by atoms with van der Waals surface area (Å²) in [5.74, 6) is 1.16. The van der Waals surface area contributed by atoms with Gasteiger partial charge in [-0.05, 0) is 60.2 Å². The van der Waals surface area contributed by atoms with Gasteiger partial charge in [0.25, 0.3) is 5.91 Å². The molecular weight excluding hydrogens is 516 g/mol. The lowest BCUT2D eigenvalue weighted by Gasteiger charge is -2.21. The molecule has 0 fully saturated rings. The number of rotatable bonds is 7. The third-order valence-corrected chi connectivity index (χ3v) is 5.97. The number of ether oxygens (including phenoxy) is 2. The number of aliphatic imine (C=N–C) groups is 1. The van der Waals surface area contributed by atoms with Crippen LogP contribution in [0.5, 0.6) is 11.5 Å². The fraction of sp³-hybridized carbons (Fsp3) is 0.115. The third kappa shape index (κ3) is 5.76. The Morgan fingerprint density at radius 1 is 0.912 bits per heavy atom. The number of nitrogens with zero attached hydrogens (tertiary/aromatic N) is 2. The second-order valence-corrected chi connectivity index (χ2v) is 8.06. The van der Waals surface area contributed by atoms with Crippen molar-refractivity contribution in [3.8, 4) is 11.5 Å². The summed E-state index contributed by atoms with van der Waals surface area (Å²) in [5.41, 5.74) is 2.64. The molecule has 3 aromatic carbocycles. The molecule has 0 saturated heterocycles. The third-order valence-electron chi connectivity index (χ3n) is 5.03. The second-order valence-electron chi connectivity index (χ2n) is 7.11. The minimum atomic E-state index is -0.353. The Bertz CT molecular complexity index is 1210. The molecule has 1 amide bonds. The molecule has 4 rings (SSSR count). The zero-order chi connectivity index (χ0) is 23.2. The number of anilines is 1. The van der Waals surface area contributed by atoms with Crippen molar-refractivity contribution in [3.05, 3.63) is 95.7 Å². The van der Waals surface area contributed by atoms with Crippen molar-refractivity contribution in [3.63, 3.8) is 0 Å². The molecular formula is C26H23BrN2O4S. The number of methoxy groups -OCH3 is 2. The van der Waals surface area contributed by atoms with Crippen LogP contribution in [0.4, 0.5) is 5.69 Å². The molecule has 34 heavy (non-hydrogen) atoms. The normalized spacial score (nSPS) is 13.9. The lowest BCUT2D eigenvalue weighted by Crippen LogP contribution is -2.25. The van der Waals surface area contributed by atoms with E-state index in [1.807, 2.05) is 54.6 Å². The van der Waals surface area contributed by atoms with Gasteiger partial charge in [0.2, 0.25) is 0 Å². The summed E-state index contributed by atoms with van der Waals surface area (Å²) in [7, 11) is 3.19. The molecule has 0 N–H and O–H groups in total. The minimum Gasteiger partial charge on any atom is -0.497 e. The van der Waals surface area contributed by atoms with Crippen LogP contribution in [0.1, 0.15) is 15.9 Å². The molecule has 6 nitrogen and oxygen atoms in total. The molecule has 0 atom stereocenters. The summed E-state index contributed by atoms with van der Waals surface area (Å²) in [5, 5.41) is 0.466. The Balaban J connectivity index is 0.00000324. The first-order valence-corrected chi connectivity index (χ1v) is 11.2. The minimum absolute atomic E-state index is 0. The van der Waals surface area contributed by atoms with Gasteiger partial charge in [-0.1, -0.05) is 42.1 Å². The van der Waals surface area contributed by atoms with Crippen LogP contribution in [0.2, 0.25) is 0 Å². The molecule has 0 bridgehead atoms. The van der Waals surface area contributed by atoms with Crippen LogP contribution < -0.4 is 14.4 Å². The Hall–Kier alpha value is -3.36. The van der Waals surface area contributed by atoms with Crippen molar-refractivity contribution < 1.29 is 19.1 Å². The highest BCUT2D eigenvalue weighted by Gasteiger charge is 2.31.